The number of imide groups is 2. The fourth-order valence-corrected chi connectivity index (χ4v) is 6.55. The Kier molecular flexibility index (Phi) is 8.03. The monoisotopic (exact) mass is 445 g/mol. The van der Waals surface area contributed by atoms with E-state index in [0.29, 0.717) is 13.0 Å². The molecular weight excluding hydrogens is 411 g/mol. The zero-order valence-corrected chi connectivity index (χ0v) is 20.4. The number of rotatable bonds is 4. The Morgan fingerprint density at radius 2 is 1.41 bits per heavy atom. The van der Waals surface area contributed by atoms with E-state index in [1.54, 1.807) is 6.92 Å². The summed E-state index contributed by atoms with van der Waals surface area (Å²) < 4.78 is 0. The molecule has 3 rings (SSSR count). The molecule has 6 unspecified atom stereocenters. The summed E-state index contributed by atoms with van der Waals surface area (Å²) in [6.07, 6.45) is 0.631. The fraction of sp³-hybridized carbons (Fsp3) is 0.739. The van der Waals surface area contributed by atoms with Gasteiger partial charge in [-0.15, -0.1) is 0 Å². The molecule has 0 N–H and O–H groups in total. The zero-order chi connectivity index (χ0) is 24.0. The number of hydrogen-bond donors (Lipinski definition) is 0. The van der Waals surface area contributed by atoms with Crippen LogP contribution in [0.4, 0.5) is 0 Å². The topological polar surface area (TPSA) is 109 Å². The second-order valence-corrected chi connectivity index (χ2v) is 9.77. The van der Waals surface area contributed by atoms with Crippen LogP contribution in [-0.4, -0.2) is 67.0 Å². The van der Waals surface area contributed by atoms with E-state index in [0.717, 1.165) is 0 Å². The average molecular weight is 445 g/mol. The molecular formula is C23H34BN2O6. The third-order valence-corrected chi connectivity index (χ3v) is 7.81. The normalized spacial score (nSPS) is 34.3. The number of hydrogen-bond acceptors (Lipinski definition) is 6. The van der Waals surface area contributed by atoms with Crippen molar-refractivity contribution in [1.29, 1.82) is 0 Å². The summed E-state index contributed by atoms with van der Waals surface area (Å²) in [6.45, 7) is 12.4. The molecule has 3 fully saturated rings. The molecule has 175 valence electrons. The van der Waals surface area contributed by atoms with Crippen molar-refractivity contribution in [2.24, 2.45) is 34.5 Å². The first-order valence-electron chi connectivity index (χ1n) is 10.8. The Bertz CT molecular complexity index is 843. The lowest BCUT2D eigenvalue weighted by Crippen LogP contribution is -2.48. The van der Waals surface area contributed by atoms with Gasteiger partial charge in [-0.3, -0.25) is 38.6 Å². The van der Waals surface area contributed by atoms with Crippen molar-refractivity contribution < 1.29 is 28.8 Å². The largest absolute Gasteiger partial charge is 0.300 e. The quantitative estimate of drug-likeness (QED) is 0.368. The van der Waals surface area contributed by atoms with E-state index in [9.17, 15) is 28.8 Å². The number of fused-ring (bicyclic) bond motifs is 5. The first-order chi connectivity index (χ1) is 14.1. The number of amides is 4. The number of carbonyl (C=O) groups excluding carboxylic acids is 6. The van der Waals surface area contributed by atoms with Crippen LogP contribution in [0, 0.1) is 34.5 Å². The van der Waals surface area contributed by atoms with E-state index in [2.05, 4.69) is 0 Å². The molecule has 32 heavy (non-hydrogen) atoms. The smallest absolute Gasteiger partial charge is 0.233 e. The van der Waals surface area contributed by atoms with Gasteiger partial charge in [-0.1, -0.05) is 20.8 Å². The number of Topliss-reactive ketones (excluding diaryl/α,β-unsaturated/α-hetero) is 2. The lowest BCUT2D eigenvalue weighted by atomic mass is 9.57. The minimum Gasteiger partial charge on any atom is -0.300 e. The average Bonchev–Trinajstić information content (AvgIpc) is 3.09. The van der Waals surface area contributed by atoms with Gasteiger partial charge in [0.1, 0.15) is 11.6 Å². The van der Waals surface area contributed by atoms with Crippen LogP contribution >= 0.6 is 0 Å². The highest BCUT2D eigenvalue weighted by molar-refractivity contribution is 6.08. The van der Waals surface area contributed by atoms with Crippen molar-refractivity contribution >= 4 is 43.6 Å². The van der Waals surface area contributed by atoms with Crippen LogP contribution in [0.3, 0.4) is 0 Å². The fourth-order valence-electron chi connectivity index (χ4n) is 6.55. The van der Waals surface area contributed by atoms with Crippen molar-refractivity contribution in [2.45, 2.75) is 61.3 Å². The van der Waals surface area contributed by atoms with Crippen molar-refractivity contribution in [3.63, 3.8) is 0 Å². The van der Waals surface area contributed by atoms with Gasteiger partial charge in [0.05, 0.1) is 18.3 Å². The Morgan fingerprint density at radius 3 is 1.75 bits per heavy atom. The Labute approximate surface area is 192 Å². The van der Waals surface area contributed by atoms with Crippen molar-refractivity contribution in [2.75, 3.05) is 13.6 Å². The van der Waals surface area contributed by atoms with Crippen molar-refractivity contribution in [1.82, 2.24) is 9.80 Å². The van der Waals surface area contributed by atoms with E-state index >= 15 is 0 Å². The summed E-state index contributed by atoms with van der Waals surface area (Å²) in [4.78, 5) is 72.5. The number of ketones is 2. The summed E-state index contributed by atoms with van der Waals surface area (Å²) in [5.74, 6) is -1.89. The molecule has 3 radical (unpaired) electrons. The Morgan fingerprint density at radius 1 is 0.969 bits per heavy atom. The van der Waals surface area contributed by atoms with Crippen LogP contribution in [0.5, 0.6) is 0 Å². The van der Waals surface area contributed by atoms with Crippen LogP contribution < -0.4 is 0 Å². The van der Waals surface area contributed by atoms with Gasteiger partial charge in [0.25, 0.3) is 0 Å². The number of nitrogens with zero attached hydrogens (tertiary/aromatic N) is 2. The van der Waals surface area contributed by atoms with Crippen molar-refractivity contribution in [3.8, 4) is 0 Å². The third kappa shape index (κ3) is 4.06. The highest BCUT2D eigenvalue weighted by atomic mass is 16.2. The van der Waals surface area contributed by atoms with Gasteiger partial charge in [0, 0.05) is 41.8 Å². The minimum atomic E-state index is -0.511. The predicted molar refractivity (Wildman–Crippen MR) is 118 cm³/mol. The molecule has 2 saturated carbocycles. The van der Waals surface area contributed by atoms with Gasteiger partial charge in [-0.05, 0) is 37.0 Å². The minimum absolute atomic E-state index is 0. The standard InChI is InChI=1S/C17H23NO4.C6H11NO2.B/c1-8(19)6-10(20)11-9(2)16(3)7-17(11,4)13-12(16)14(21)18(5)15(13)22;1-4-7(5(2)8)6(3)9;/h9,11-13H,6-7H2,1-5H3;4H2,1-3H3;. The van der Waals surface area contributed by atoms with Crippen LogP contribution in [0.1, 0.15) is 61.3 Å². The van der Waals surface area contributed by atoms with E-state index in [-0.39, 0.29) is 73.2 Å². The lowest BCUT2D eigenvalue weighted by molar-refractivity contribution is -0.143. The number of likely N-dealkylation sites (tertiary alicyclic amines) is 1. The first kappa shape index (κ1) is 27.7. The third-order valence-electron chi connectivity index (χ3n) is 7.81. The van der Waals surface area contributed by atoms with Crippen LogP contribution in [0.2, 0.25) is 0 Å². The van der Waals surface area contributed by atoms with Gasteiger partial charge < -0.3 is 0 Å². The maximum Gasteiger partial charge on any atom is 0.233 e. The summed E-state index contributed by atoms with van der Waals surface area (Å²) in [5.41, 5.74) is -0.850. The summed E-state index contributed by atoms with van der Waals surface area (Å²) in [5, 5.41) is 0. The van der Waals surface area contributed by atoms with Crippen LogP contribution in [0.25, 0.3) is 0 Å². The molecule has 1 heterocycles. The van der Waals surface area contributed by atoms with Gasteiger partial charge in [0.15, 0.2) is 0 Å². The molecule has 0 spiro atoms. The lowest BCUT2D eigenvalue weighted by Gasteiger charge is -2.43. The van der Waals surface area contributed by atoms with Crippen molar-refractivity contribution in [3.05, 3.63) is 0 Å². The van der Waals surface area contributed by atoms with E-state index in [4.69, 9.17) is 0 Å². The van der Waals surface area contributed by atoms with E-state index in [1.807, 2.05) is 20.8 Å². The van der Waals surface area contributed by atoms with E-state index in [1.165, 1.54) is 37.6 Å². The van der Waals surface area contributed by atoms with Crippen LogP contribution in [-0.2, 0) is 28.8 Å². The van der Waals surface area contributed by atoms with Crippen LogP contribution in [0.15, 0.2) is 0 Å². The zero-order valence-electron chi connectivity index (χ0n) is 20.4. The molecule has 4 amide bonds. The maximum atomic E-state index is 12.6. The predicted octanol–water partition coefficient (Wildman–Crippen LogP) is 1.47. The van der Waals surface area contributed by atoms with Gasteiger partial charge >= 0.3 is 0 Å². The van der Waals surface area contributed by atoms with Gasteiger partial charge in [-0.25, -0.2) is 0 Å². The second kappa shape index (κ2) is 9.28. The molecule has 6 atom stereocenters. The van der Waals surface area contributed by atoms with E-state index < -0.39 is 11.3 Å². The molecule has 0 aromatic heterocycles. The molecule has 1 saturated heterocycles. The molecule has 2 bridgehead atoms. The first-order valence-corrected chi connectivity index (χ1v) is 10.8. The Hall–Kier alpha value is -2.32. The summed E-state index contributed by atoms with van der Waals surface area (Å²) in [6, 6.07) is 0. The molecule has 8 nitrogen and oxygen atoms in total. The van der Waals surface area contributed by atoms with Gasteiger partial charge in [-0.2, -0.15) is 0 Å². The highest BCUT2D eigenvalue weighted by Gasteiger charge is 2.76. The molecule has 0 aromatic carbocycles. The maximum absolute atomic E-state index is 12.6. The SMILES string of the molecule is CC(=O)CC(=O)C1C(C)C2(C)CC1(C)C1C(=O)N(C)C(=O)C12.CCN(C(C)=O)C(C)=O.[B]. The highest BCUT2D eigenvalue weighted by Crippen LogP contribution is 2.73. The molecule has 3 aliphatic rings. The van der Waals surface area contributed by atoms with Gasteiger partial charge in [0.2, 0.25) is 23.6 Å². The molecule has 0 aromatic rings. The summed E-state index contributed by atoms with van der Waals surface area (Å²) in [7, 11) is 1.53. The second-order valence-electron chi connectivity index (χ2n) is 9.77. The number of carbonyl (C=O) groups is 6. The molecule has 2 aliphatic carbocycles. The Balaban J connectivity index is 0.000000440. The molecule has 9 heteroatoms. The molecule has 1 aliphatic heterocycles. The summed E-state index contributed by atoms with van der Waals surface area (Å²) >= 11 is 0.